The molecule has 1 N–H and O–H groups in total. The van der Waals surface area contributed by atoms with Crippen molar-refractivity contribution in [2.24, 2.45) is 4.99 Å². The molecular weight excluding hydrogens is 246 g/mol. The monoisotopic (exact) mass is 263 g/mol. The molecule has 3 nitrogen and oxygen atoms in total. The third kappa shape index (κ3) is 4.37. The Hall–Kier alpha value is -1.55. The van der Waals surface area contributed by atoms with Crippen molar-refractivity contribution < 1.29 is 9.90 Å². The van der Waals surface area contributed by atoms with Crippen LogP contribution in [0.2, 0.25) is 0 Å². The Morgan fingerprint density at radius 3 is 2.39 bits per heavy atom. The van der Waals surface area contributed by atoms with Crippen LogP contribution >= 0.6 is 11.8 Å². The van der Waals surface area contributed by atoms with E-state index in [1.165, 1.54) is 22.7 Å². The van der Waals surface area contributed by atoms with Crippen LogP contribution in [0.1, 0.15) is 30.9 Å². The number of nitrogens with zero attached hydrogens (tertiary/aromatic N) is 1. The Morgan fingerprint density at radius 1 is 1.33 bits per heavy atom. The highest BCUT2D eigenvalue weighted by atomic mass is 32.2. The van der Waals surface area contributed by atoms with Crippen LogP contribution in [-0.2, 0) is 4.79 Å². The number of carboxylic acid groups (broad SMARTS) is 1. The van der Waals surface area contributed by atoms with E-state index in [0.717, 1.165) is 5.56 Å². The molecular formula is C14H17NO2S. The molecule has 0 aromatic heterocycles. The first-order valence-electron chi connectivity index (χ1n) is 5.65. The average molecular weight is 263 g/mol. The molecule has 0 fully saturated rings. The number of rotatable bonds is 5. The molecule has 1 rings (SSSR count). The van der Waals surface area contributed by atoms with E-state index in [1.54, 1.807) is 12.5 Å². The molecule has 4 heteroatoms. The molecule has 0 saturated carbocycles. The van der Waals surface area contributed by atoms with Gasteiger partial charge in [-0.25, -0.2) is 9.79 Å². The van der Waals surface area contributed by atoms with E-state index in [2.05, 4.69) is 18.8 Å². The van der Waals surface area contributed by atoms with E-state index in [4.69, 9.17) is 5.11 Å². The second-order valence-electron chi connectivity index (χ2n) is 4.12. The van der Waals surface area contributed by atoms with Crippen molar-refractivity contribution in [2.45, 2.75) is 19.8 Å². The maximum Gasteiger partial charge on any atom is 0.355 e. The minimum Gasteiger partial charge on any atom is -0.476 e. The summed E-state index contributed by atoms with van der Waals surface area (Å²) in [5, 5.41) is 10.4. The number of hydrogen-bond donors (Lipinski definition) is 1. The topological polar surface area (TPSA) is 49.7 Å². The quantitative estimate of drug-likeness (QED) is 0.653. The second-order valence-corrected chi connectivity index (χ2v) is 4.83. The summed E-state index contributed by atoms with van der Waals surface area (Å²) in [7, 11) is 0. The number of benzene rings is 1. The Balaban J connectivity index is 2.83. The summed E-state index contributed by atoms with van der Waals surface area (Å²) in [5.41, 5.74) is 2.20. The lowest BCUT2D eigenvalue weighted by atomic mass is 10.0. The fourth-order valence-electron chi connectivity index (χ4n) is 1.36. The van der Waals surface area contributed by atoms with E-state index >= 15 is 0 Å². The summed E-state index contributed by atoms with van der Waals surface area (Å²) < 4.78 is 0. The molecule has 0 aliphatic rings. The number of aliphatic imine (C=N–C) groups is 1. The van der Waals surface area contributed by atoms with E-state index in [1.807, 2.05) is 24.3 Å². The predicted octanol–water partition coefficient (Wildman–Crippen LogP) is 3.52. The fraction of sp³-hybridized carbons (Fsp3) is 0.286. The Morgan fingerprint density at radius 2 is 1.94 bits per heavy atom. The zero-order valence-corrected chi connectivity index (χ0v) is 11.6. The number of aliphatic carboxylic acids is 1. The Bertz CT molecular complexity index is 461. The van der Waals surface area contributed by atoms with Crippen LogP contribution < -0.4 is 0 Å². The highest BCUT2D eigenvalue weighted by Crippen LogP contribution is 2.14. The summed E-state index contributed by atoms with van der Waals surface area (Å²) in [5.74, 6) is -0.527. The summed E-state index contributed by atoms with van der Waals surface area (Å²) in [6.45, 7) is 4.26. The lowest BCUT2D eigenvalue weighted by Crippen LogP contribution is -1.98. The SMILES string of the molecule is CS/C=C(\N=Cc1ccc(C(C)C)cc1)C(=O)O. The zero-order valence-electron chi connectivity index (χ0n) is 10.8. The maximum atomic E-state index is 10.9. The average Bonchev–Trinajstić information content (AvgIpc) is 2.34. The van der Waals surface area contributed by atoms with E-state index in [9.17, 15) is 4.79 Å². The van der Waals surface area contributed by atoms with Gasteiger partial charge in [-0.05, 0) is 23.3 Å². The van der Waals surface area contributed by atoms with Crippen LogP contribution in [0.25, 0.3) is 0 Å². The van der Waals surface area contributed by atoms with Gasteiger partial charge in [0.15, 0.2) is 5.70 Å². The normalized spacial score (nSPS) is 12.3. The van der Waals surface area contributed by atoms with Crippen molar-refractivity contribution in [3.8, 4) is 0 Å². The molecule has 0 atom stereocenters. The second kappa shape index (κ2) is 7.01. The lowest BCUT2D eigenvalue weighted by molar-refractivity contribution is -0.132. The van der Waals surface area contributed by atoms with Gasteiger partial charge in [-0.2, -0.15) is 0 Å². The molecule has 0 spiro atoms. The number of thioether (sulfide) groups is 1. The van der Waals surface area contributed by atoms with Gasteiger partial charge < -0.3 is 5.11 Å². The molecule has 0 aliphatic carbocycles. The molecule has 0 amide bonds. The Kier molecular flexibility index (Phi) is 5.65. The Labute approximate surface area is 112 Å². The van der Waals surface area contributed by atoms with Crippen molar-refractivity contribution in [1.82, 2.24) is 0 Å². The van der Waals surface area contributed by atoms with Gasteiger partial charge in [0, 0.05) is 11.6 Å². The predicted molar refractivity (Wildman–Crippen MR) is 77.4 cm³/mol. The van der Waals surface area contributed by atoms with Gasteiger partial charge in [0.25, 0.3) is 0 Å². The molecule has 96 valence electrons. The van der Waals surface area contributed by atoms with Crippen LogP contribution in [0.5, 0.6) is 0 Å². The summed E-state index contributed by atoms with van der Waals surface area (Å²) in [6, 6.07) is 7.95. The number of hydrogen-bond acceptors (Lipinski definition) is 3. The summed E-state index contributed by atoms with van der Waals surface area (Å²) in [6.07, 6.45) is 3.37. The van der Waals surface area contributed by atoms with Crippen LogP contribution in [0.3, 0.4) is 0 Å². The molecule has 0 saturated heterocycles. The fourth-order valence-corrected chi connectivity index (χ4v) is 1.74. The highest BCUT2D eigenvalue weighted by Gasteiger charge is 2.03. The first kappa shape index (κ1) is 14.5. The maximum absolute atomic E-state index is 10.9. The molecule has 0 heterocycles. The molecule has 0 unspecified atom stereocenters. The van der Waals surface area contributed by atoms with E-state index in [-0.39, 0.29) is 5.70 Å². The molecule has 0 radical (unpaired) electrons. The first-order valence-corrected chi connectivity index (χ1v) is 6.93. The van der Waals surface area contributed by atoms with Crippen LogP contribution in [0.15, 0.2) is 40.4 Å². The number of carbonyl (C=O) groups is 1. The number of carboxylic acids is 1. The van der Waals surface area contributed by atoms with E-state index in [0.29, 0.717) is 5.92 Å². The van der Waals surface area contributed by atoms with E-state index < -0.39 is 5.97 Å². The van der Waals surface area contributed by atoms with Gasteiger partial charge in [-0.15, -0.1) is 11.8 Å². The van der Waals surface area contributed by atoms with Crippen molar-refractivity contribution >= 4 is 23.9 Å². The molecule has 1 aromatic rings. The van der Waals surface area contributed by atoms with Crippen molar-refractivity contribution in [1.29, 1.82) is 0 Å². The lowest BCUT2D eigenvalue weighted by Gasteiger charge is -2.04. The third-order valence-electron chi connectivity index (χ3n) is 2.40. The van der Waals surface area contributed by atoms with Crippen LogP contribution in [0.4, 0.5) is 0 Å². The van der Waals surface area contributed by atoms with Crippen LogP contribution in [-0.4, -0.2) is 23.5 Å². The molecule has 0 aliphatic heterocycles. The molecule has 1 aromatic carbocycles. The van der Waals surface area contributed by atoms with Gasteiger partial charge >= 0.3 is 5.97 Å². The van der Waals surface area contributed by atoms with Crippen molar-refractivity contribution in [3.63, 3.8) is 0 Å². The summed E-state index contributed by atoms with van der Waals surface area (Å²) >= 11 is 1.32. The zero-order chi connectivity index (χ0) is 13.5. The molecule has 0 bridgehead atoms. The largest absolute Gasteiger partial charge is 0.476 e. The van der Waals surface area contributed by atoms with Crippen LogP contribution in [0, 0.1) is 0 Å². The van der Waals surface area contributed by atoms with Gasteiger partial charge in [0.1, 0.15) is 0 Å². The first-order chi connectivity index (χ1) is 8.54. The minimum atomic E-state index is -1.01. The van der Waals surface area contributed by atoms with Gasteiger partial charge in [-0.3, -0.25) is 0 Å². The van der Waals surface area contributed by atoms with Gasteiger partial charge in [0.05, 0.1) is 0 Å². The smallest absolute Gasteiger partial charge is 0.355 e. The highest BCUT2D eigenvalue weighted by molar-refractivity contribution is 8.01. The van der Waals surface area contributed by atoms with Crippen molar-refractivity contribution in [2.75, 3.05) is 6.26 Å². The summed E-state index contributed by atoms with van der Waals surface area (Å²) in [4.78, 5) is 14.8. The standard InChI is InChI=1S/C14H17NO2S/c1-10(2)12-6-4-11(5-7-12)8-15-13(9-18-3)14(16)17/h4-10H,1-3H3,(H,16,17)/b13-9-,15-8?. The van der Waals surface area contributed by atoms with Crippen molar-refractivity contribution in [3.05, 3.63) is 46.5 Å². The minimum absolute atomic E-state index is 0.0513. The van der Waals surface area contributed by atoms with Gasteiger partial charge in [0.2, 0.25) is 0 Å². The molecule has 18 heavy (non-hydrogen) atoms. The van der Waals surface area contributed by atoms with Gasteiger partial charge in [-0.1, -0.05) is 38.1 Å². The third-order valence-corrected chi connectivity index (χ3v) is 2.86.